The Morgan fingerprint density at radius 3 is 2.83 bits per heavy atom. The topological polar surface area (TPSA) is 54.2 Å². The summed E-state index contributed by atoms with van der Waals surface area (Å²) < 4.78 is 6.44. The summed E-state index contributed by atoms with van der Waals surface area (Å²) >= 11 is 3.47. The molecule has 7 heteroatoms. The summed E-state index contributed by atoms with van der Waals surface area (Å²) in [4.78, 5) is 6.94. The van der Waals surface area contributed by atoms with Crippen molar-refractivity contribution in [3.63, 3.8) is 0 Å². The van der Waals surface area contributed by atoms with Gasteiger partial charge in [-0.3, -0.25) is 4.90 Å². The average molecular weight is 416 g/mol. The van der Waals surface area contributed by atoms with Crippen LogP contribution in [0.1, 0.15) is 25.7 Å². The van der Waals surface area contributed by atoms with Crippen molar-refractivity contribution in [2.45, 2.75) is 26.3 Å². The highest BCUT2D eigenvalue weighted by molar-refractivity contribution is 9.10. The van der Waals surface area contributed by atoms with Gasteiger partial charge in [-0.2, -0.15) is 4.98 Å². The van der Waals surface area contributed by atoms with E-state index in [1.165, 1.54) is 12.8 Å². The molecule has 24 heavy (non-hydrogen) atoms. The van der Waals surface area contributed by atoms with E-state index in [1.807, 2.05) is 24.3 Å². The van der Waals surface area contributed by atoms with Crippen LogP contribution in [0.15, 0.2) is 33.3 Å². The second-order valence-corrected chi connectivity index (χ2v) is 6.96. The monoisotopic (exact) mass is 414 g/mol. The first kappa shape index (κ1) is 19.4. The largest absolute Gasteiger partial charge is 0.338 e. The molecule has 0 saturated carbocycles. The van der Waals surface area contributed by atoms with Crippen molar-refractivity contribution in [3.8, 4) is 11.4 Å². The fourth-order valence-electron chi connectivity index (χ4n) is 2.95. The molecule has 3 rings (SSSR count). The number of nitrogens with one attached hydrogen (secondary N) is 1. The van der Waals surface area contributed by atoms with Crippen molar-refractivity contribution < 1.29 is 4.52 Å². The number of rotatable bonds is 6. The van der Waals surface area contributed by atoms with Gasteiger partial charge in [-0.25, -0.2) is 0 Å². The summed E-state index contributed by atoms with van der Waals surface area (Å²) in [6.07, 6.45) is 2.47. The molecule has 1 fully saturated rings. The molecule has 132 valence electrons. The first-order valence-corrected chi connectivity index (χ1v) is 9.05. The maximum absolute atomic E-state index is 5.42. The van der Waals surface area contributed by atoms with E-state index in [4.69, 9.17) is 4.52 Å². The highest BCUT2D eigenvalue weighted by Gasteiger charge is 2.20. The zero-order valence-corrected chi connectivity index (χ0v) is 16.3. The van der Waals surface area contributed by atoms with Crippen LogP contribution in [0.25, 0.3) is 11.4 Å². The lowest BCUT2D eigenvalue weighted by Gasteiger charge is -2.30. The highest BCUT2D eigenvalue weighted by atomic mass is 79.9. The van der Waals surface area contributed by atoms with Crippen LogP contribution >= 0.6 is 28.3 Å². The fourth-order valence-corrected chi connectivity index (χ4v) is 3.35. The van der Waals surface area contributed by atoms with Gasteiger partial charge in [0.05, 0.1) is 6.54 Å². The van der Waals surface area contributed by atoms with Gasteiger partial charge in [-0.1, -0.05) is 40.1 Å². The van der Waals surface area contributed by atoms with Crippen LogP contribution in [-0.2, 0) is 6.54 Å². The molecule has 1 saturated heterocycles. The smallest absolute Gasteiger partial charge is 0.241 e. The molecule has 0 atom stereocenters. The predicted molar refractivity (Wildman–Crippen MR) is 101 cm³/mol. The van der Waals surface area contributed by atoms with E-state index in [9.17, 15) is 0 Å². The van der Waals surface area contributed by atoms with E-state index in [0.29, 0.717) is 11.7 Å². The van der Waals surface area contributed by atoms with Gasteiger partial charge in [0.2, 0.25) is 11.7 Å². The van der Waals surface area contributed by atoms with Gasteiger partial charge in [0.1, 0.15) is 0 Å². The molecular formula is C17H24BrClN4O. The Kier molecular flexibility index (Phi) is 7.68. The minimum absolute atomic E-state index is 0. The van der Waals surface area contributed by atoms with Crippen LogP contribution in [-0.4, -0.2) is 41.2 Å². The van der Waals surface area contributed by atoms with Crippen molar-refractivity contribution in [1.82, 2.24) is 20.4 Å². The van der Waals surface area contributed by atoms with Gasteiger partial charge in [-0.05, 0) is 57.1 Å². The van der Waals surface area contributed by atoms with Crippen molar-refractivity contribution in [2.75, 3.05) is 26.2 Å². The molecule has 1 N–H and O–H groups in total. The average Bonchev–Trinajstić information content (AvgIpc) is 3.03. The van der Waals surface area contributed by atoms with E-state index >= 15 is 0 Å². The lowest BCUT2D eigenvalue weighted by molar-refractivity contribution is 0.158. The minimum Gasteiger partial charge on any atom is -0.338 e. The normalized spacial score (nSPS) is 16.1. The van der Waals surface area contributed by atoms with E-state index in [-0.39, 0.29) is 12.4 Å². The van der Waals surface area contributed by atoms with Crippen molar-refractivity contribution >= 4 is 28.3 Å². The van der Waals surface area contributed by atoms with Gasteiger partial charge in [0.15, 0.2) is 0 Å². The Bertz CT molecular complexity index is 629. The van der Waals surface area contributed by atoms with Gasteiger partial charge in [0, 0.05) is 10.0 Å². The first-order valence-electron chi connectivity index (χ1n) is 8.26. The van der Waals surface area contributed by atoms with Crippen LogP contribution in [0.4, 0.5) is 0 Å². The Labute approximate surface area is 157 Å². The Morgan fingerprint density at radius 2 is 2.12 bits per heavy atom. The fraction of sp³-hybridized carbons (Fsp3) is 0.529. The van der Waals surface area contributed by atoms with Crippen LogP contribution in [0.3, 0.4) is 0 Å². The van der Waals surface area contributed by atoms with Crippen LogP contribution in [0.5, 0.6) is 0 Å². The summed E-state index contributed by atoms with van der Waals surface area (Å²) in [6, 6.07) is 7.96. The summed E-state index contributed by atoms with van der Waals surface area (Å²) in [5.41, 5.74) is 0.971. The molecule has 0 spiro atoms. The molecule has 1 aromatic heterocycles. The predicted octanol–water partition coefficient (Wildman–Crippen LogP) is 3.74. The maximum atomic E-state index is 5.42. The number of halogens is 2. The van der Waals surface area contributed by atoms with Gasteiger partial charge < -0.3 is 9.84 Å². The van der Waals surface area contributed by atoms with Gasteiger partial charge in [0.25, 0.3) is 0 Å². The molecule has 1 aliphatic heterocycles. The third-order valence-corrected chi connectivity index (χ3v) is 4.79. The number of likely N-dealkylation sites (tertiary alicyclic amines) is 1. The summed E-state index contributed by atoms with van der Waals surface area (Å²) in [5, 5.41) is 7.55. The minimum atomic E-state index is 0. The summed E-state index contributed by atoms with van der Waals surface area (Å²) in [7, 11) is 0. The molecule has 5 nitrogen and oxygen atoms in total. The zero-order chi connectivity index (χ0) is 16.1. The Balaban J connectivity index is 0.00000208. The molecule has 0 unspecified atom stereocenters. The Morgan fingerprint density at radius 1 is 1.33 bits per heavy atom. The molecule has 0 radical (unpaired) electrons. The molecule has 2 aromatic rings. The lowest BCUT2D eigenvalue weighted by Crippen LogP contribution is -2.36. The number of benzene rings is 1. The molecule has 0 aliphatic carbocycles. The van der Waals surface area contributed by atoms with Crippen LogP contribution in [0, 0.1) is 5.92 Å². The summed E-state index contributed by atoms with van der Waals surface area (Å²) in [5.74, 6) is 2.15. The number of aromatic nitrogens is 2. The zero-order valence-electron chi connectivity index (χ0n) is 13.9. The molecule has 0 bridgehead atoms. The number of nitrogens with zero attached hydrogens (tertiary/aromatic N) is 3. The van der Waals surface area contributed by atoms with Crippen molar-refractivity contribution in [3.05, 3.63) is 34.6 Å². The second-order valence-electron chi connectivity index (χ2n) is 6.05. The SMILES string of the molecule is CCNCC1CCN(Cc2nc(-c3cccc(Br)c3)no2)CC1.Cl. The van der Waals surface area contributed by atoms with E-state index in [0.717, 1.165) is 48.7 Å². The molecular weight excluding hydrogens is 392 g/mol. The van der Waals surface area contributed by atoms with Gasteiger partial charge >= 0.3 is 0 Å². The number of hydrogen-bond acceptors (Lipinski definition) is 5. The third-order valence-electron chi connectivity index (χ3n) is 4.30. The van der Waals surface area contributed by atoms with Crippen LogP contribution < -0.4 is 5.32 Å². The quantitative estimate of drug-likeness (QED) is 0.779. The van der Waals surface area contributed by atoms with E-state index in [2.05, 4.69) is 43.2 Å². The van der Waals surface area contributed by atoms with Crippen LogP contribution in [0.2, 0.25) is 0 Å². The standard InChI is InChI=1S/C17H23BrN4O.ClH/c1-2-19-11-13-6-8-22(9-7-13)12-16-20-17(21-23-16)14-4-3-5-15(18)10-14;/h3-5,10,13,19H,2,6-9,11-12H2,1H3;1H. The number of hydrogen-bond donors (Lipinski definition) is 1. The van der Waals surface area contributed by atoms with Crippen molar-refractivity contribution in [1.29, 1.82) is 0 Å². The molecule has 0 amide bonds. The Hall–Kier alpha value is -0.950. The van der Waals surface area contributed by atoms with E-state index in [1.54, 1.807) is 0 Å². The number of piperidine rings is 1. The third kappa shape index (κ3) is 5.28. The highest BCUT2D eigenvalue weighted by Crippen LogP contribution is 2.22. The summed E-state index contributed by atoms with van der Waals surface area (Å²) in [6.45, 7) is 7.30. The molecule has 2 heterocycles. The van der Waals surface area contributed by atoms with Crippen molar-refractivity contribution in [2.24, 2.45) is 5.92 Å². The van der Waals surface area contributed by atoms with Gasteiger partial charge in [-0.15, -0.1) is 12.4 Å². The lowest BCUT2D eigenvalue weighted by atomic mass is 9.97. The second kappa shape index (κ2) is 9.51. The first-order chi connectivity index (χ1) is 11.2. The molecule has 1 aromatic carbocycles. The molecule has 1 aliphatic rings. The van der Waals surface area contributed by atoms with E-state index < -0.39 is 0 Å². The maximum Gasteiger partial charge on any atom is 0.241 e.